The van der Waals surface area contributed by atoms with Gasteiger partial charge in [0.05, 0.1) is 19.0 Å². The van der Waals surface area contributed by atoms with Gasteiger partial charge in [0.25, 0.3) is 5.56 Å². The van der Waals surface area contributed by atoms with Crippen molar-refractivity contribution >= 4 is 11.7 Å². The van der Waals surface area contributed by atoms with Crippen LogP contribution in [0.3, 0.4) is 0 Å². The summed E-state index contributed by atoms with van der Waals surface area (Å²) >= 11 is 0. The zero-order chi connectivity index (χ0) is 18.5. The molecule has 0 aromatic carbocycles. The molecule has 1 amide bonds. The maximum absolute atomic E-state index is 12.4. The van der Waals surface area contributed by atoms with Crippen LogP contribution in [-0.4, -0.2) is 59.8 Å². The predicted molar refractivity (Wildman–Crippen MR) is 96.1 cm³/mol. The van der Waals surface area contributed by atoms with Gasteiger partial charge in [0.2, 0.25) is 5.91 Å². The van der Waals surface area contributed by atoms with Crippen LogP contribution in [0.25, 0.3) is 0 Å². The molecule has 3 heterocycles. The van der Waals surface area contributed by atoms with Crippen LogP contribution in [0.2, 0.25) is 0 Å². The van der Waals surface area contributed by atoms with Crippen LogP contribution in [0.1, 0.15) is 12.2 Å². The third-order valence-corrected chi connectivity index (χ3v) is 4.49. The number of aryl methyl sites for hydroxylation is 2. The van der Waals surface area contributed by atoms with Gasteiger partial charge in [-0.1, -0.05) is 0 Å². The topological polar surface area (TPSA) is 80.8 Å². The largest absolute Gasteiger partial charge is 0.469 e. The molecule has 0 radical (unpaired) electrons. The Morgan fingerprint density at radius 2 is 2.31 bits per heavy atom. The third kappa shape index (κ3) is 4.32. The average Bonchev–Trinajstić information content (AvgIpc) is 3.15. The molecule has 1 aliphatic heterocycles. The Balaban J connectivity index is 1.55. The molecule has 2 aromatic heterocycles. The van der Waals surface area contributed by atoms with Crippen molar-refractivity contribution in [2.75, 3.05) is 38.2 Å². The Kier molecular flexibility index (Phi) is 5.72. The second-order valence-electron chi connectivity index (χ2n) is 6.46. The van der Waals surface area contributed by atoms with Gasteiger partial charge in [-0.25, -0.2) is 4.98 Å². The first-order chi connectivity index (χ1) is 12.5. The minimum Gasteiger partial charge on any atom is -0.469 e. The van der Waals surface area contributed by atoms with E-state index >= 15 is 0 Å². The van der Waals surface area contributed by atoms with Crippen LogP contribution in [0.15, 0.2) is 40.0 Å². The van der Waals surface area contributed by atoms with Crippen LogP contribution in [0.4, 0.5) is 5.82 Å². The number of hydrogen-bond acceptors (Lipinski definition) is 6. The van der Waals surface area contributed by atoms with Gasteiger partial charge in [-0.15, -0.1) is 0 Å². The van der Waals surface area contributed by atoms with Crippen LogP contribution in [0.5, 0.6) is 0 Å². The van der Waals surface area contributed by atoms with E-state index in [-0.39, 0.29) is 17.6 Å². The van der Waals surface area contributed by atoms with Crippen LogP contribution in [0, 0.1) is 0 Å². The van der Waals surface area contributed by atoms with Crippen LogP contribution < -0.4 is 10.5 Å². The van der Waals surface area contributed by atoms with E-state index in [1.165, 1.54) is 4.57 Å². The molecular formula is C18H24N4O4. The van der Waals surface area contributed by atoms with Crippen molar-refractivity contribution in [2.24, 2.45) is 7.05 Å². The summed E-state index contributed by atoms with van der Waals surface area (Å²) in [5.74, 6) is 1.28. The van der Waals surface area contributed by atoms with E-state index in [0.29, 0.717) is 44.9 Å². The summed E-state index contributed by atoms with van der Waals surface area (Å²) in [5.41, 5.74) is -0.155. The van der Waals surface area contributed by atoms with Gasteiger partial charge in [0.1, 0.15) is 5.76 Å². The molecule has 8 heteroatoms. The van der Waals surface area contributed by atoms with Crippen molar-refractivity contribution in [1.29, 1.82) is 0 Å². The van der Waals surface area contributed by atoms with Gasteiger partial charge in [0.15, 0.2) is 5.82 Å². The molecule has 1 fully saturated rings. The van der Waals surface area contributed by atoms with E-state index in [9.17, 15) is 9.59 Å². The minimum absolute atomic E-state index is 0.0890. The summed E-state index contributed by atoms with van der Waals surface area (Å²) in [4.78, 5) is 32.4. The highest BCUT2D eigenvalue weighted by Crippen LogP contribution is 2.12. The number of rotatable bonds is 6. The zero-order valence-electron chi connectivity index (χ0n) is 15.1. The van der Waals surface area contributed by atoms with Crippen LogP contribution in [-0.2, 0) is 23.0 Å². The number of aromatic nitrogens is 2. The summed E-state index contributed by atoms with van der Waals surface area (Å²) in [6.45, 7) is 2.08. The molecule has 0 bridgehead atoms. The fraction of sp³-hybridized carbons (Fsp3) is 0.500. The van der Waals surface area contributed by atoms with E-state index in [0.717, 1.165) is 5.76 Å². The smallest absolute Gasteiger partial charge is 0.293 e. The lowest BCUT2D eigenvalue weighted by Crippen LogP contribution is -2.49. The number of hydrogen-bond donors (Lipinski definition) is 0. The quantitative estimate of drug-likeness (QED) is 0.753. The molecule has 1 atom stereocenters. The monoisotopic (exact) mass is 360 g/mol. The van der Waals surface area contributed by atoms with Crippen molar-refractivity contribution in [3.05, 3.63) is 46.9 Å². The highest BCUT2D eigenvalue weighted by atomic mass is 16.5. The van der Waals surface area contributed by atoms with Crippen molar-refractivity contribution in [3.63, 3.8) is 0 Å². The number of ether oxygens (including phenoxy) is 1. The lowest BCUT2D eigenvalue weighted by atomic mass is 10.2. The Bertz CT molecular complexity index is 787. The second kappa shape index (κ2) is 8.18. The summed E-state index contributed by atoms with van der Waals surface area (Å²) < 4.78 is 12.5. The number of carbonyl (C=O) groups is 1. The number of carbonyl (C=O) groups excluding carboxylic acids is 1. The van der Waals surface area contributed by atoms with Gasteiger partial charge in [0, 0.05) is 59.0 Å². The number of furan rings is 1. The molecule has 0 spiro atoms. The lowest BCUT2D eigenvalue weighted by molar-refractivity contribution is -0.138. The molecule has 0 N–H and O–H groups in total. The molecule has 0 aliphatic carbocycles. The fourth-order valence-electron chi connectivity index (χ4n) is 3.04. The van der Waals surface area contributed by atoms with Gasteiger partial charge in [-0.2, -0.15) is 0 Å². The Labute approximate surface area is 152 Å². The van der Waals surface area contributed by atoms with Crippen molar-refractivity contribution in [3.8, 4) is 0 Å². The molecule has 140 valence electrons. The SMILES string of the molecule is CN(CC1CN(C(=O)CCc2ccco2)CCO1)c1nccn(C)c1=O. The molecule has 1 saturated heterocycles. The first-order valence-electron chi connectivity index (χ1n) is 8.69. The van der Waals surface area contributed by atoms with Crippen molar-refractivity contribution in [1.82, 2.24) is 14.5 Å². The van der Waals surface area contributed by atoms with Gasteiger partial charge >= 0.3 is 0 Å². The van der Waals surface area contributed by atoms with Crippen molar-refractivity contribution < 1.29 is 13.9 Å². The maximum Gasteiger partial charge on any atom is 0.293 e. The minimum atomic E-state index is -0.159. The lowest BCUT2D eigenvalue weighted by Gasteiger charge is -2.35. The molecule has 26 heavy (non-hydrogen) atoms. The average molecular weight is 360 g/mol. The first-order valence-corrected chi connectivity index (χ1v) is 8.69. The number of morpholine rings is 1. The van der Waals surface area contributed by atoms with E-state index in [2.05, 4.69) is 4.98 Å². The number of nitrogens with zero attached hydrogens (tertiary/aromatic N) is 4. The Morgan fingerprint density at radius 1 is 1.46 bits per heavy atom. The van der Waals surface area contributed by atoms with E-state index in [1.54, 1.807) is 30.6 Å². The molecule has 0 saturated carbocycles. The molecule has 1 unspecified atom stereocenters. The Morgan fingerprint density at radius 3 is 3.08 bits per heavy atom. The van der Waals surface area contributed by atoms with E-state index < -0.39 is 0 Å². The van der Waals surface area contributed by atoms with Gasteiger partial charge in [-0.3, -0.25) is 9.59 Å². The molecule has 3 rings (SSSR count). The molecular weight excluding hydrogens is 336 g/mol. The van der Waals surface area contributed by atoms with Crippen molar-refractivity contribution in [2.45, 2.75) is 18.9 Å². The normalized spacial score (nSPS) is 17.3. The first kappa shape index (κ1) is 18.2. The Hall–Kier alpha value is -2.61. The predicted octanol–water partition coefficient (Wildman–Crippen LogP) is 0.670. The van der Waals surface area contributed by atoms with Crippen LogP contribution >= 0.6 is 0 Å². The number of anilines is 1. The zero-order valence-corrected chi connectivity index (χ0v) is 15.1. The van der Waals surface area contributed by atoms with Gasteiger partial charge in [-0.05, 0) is 12.1 Å². The second-order valence-corrected chi connectivity index (χ2v) is 6.46. The highest BCUT2D eigenvalue weighted by molar-refractivity contribution is 5.76. The highest BCUT2D eigenvalue weighted by Gasteiger charge is 2.26. The molecule has 8 nitrogen and oxygen atoms in total. The third-order valence-electron chi connectivity index (χ3n) is 4.49. The van der Waals surface area contributed by atoms with E-state index in [1.807, 2.05) is 24.1 Å². The number of amides is 1. The number of likely N-dealkylation sites (N-methyl/N-ethyl adjacent to an activating group) is 1. The standard InChI is InChI=1S/C18H24N4O4/c1-20-8-7-19-17(18(20)24)21(2)12-15-13-22(9-11-26-15)16(23)6-5-14-4-3-10-25-14/h3-4,7-8,10,15H,5-6,9,11-13H2,1-2H3. The summed E-state index contributed by atoms with van der Waals surface area (Å²) in [6.07, 6.45) is 5.68. The maximum atomic E-state index is 12.4. The summed E-state index contributed by atoms with van der Waals surface area (Å²) in [6, 6.07) is 3.69. The van der Waals surface area contributed by atoms with E-state index in [4.69, 9.17) is 9.15 Å². The fourth-order valence-corrected chi connectivity index (χ4v) is 3.04. The van der Waals surface area contributed by atoms with Gasteiger partial charge < -0.3 is 23.5 Å². The molecule has 2 aromatic rings. The summed E-state index contributed by atoms with van der Waals surface area (Å²) in [7, 11) is 3.50. The molecule has 1 aliphatic rings. The summed E-state index contributed by atoms with van der Waals surface area (Å²) in [5, 5.41) is 0.